The third-order valence-electron chi connectivity index (χ3n) is 6.67. The lowest BCUT2D eigenvalue weighted by atomic mass is 9.96. The molecule has 0 amide bonds. The summed E-state index contributed by atoms with van der Waals surface area (Å²) in [6, 6.07) is 11.8. The van der Waals surface area contributed by atoms with Gasteiger partial charge in [0.2, 0.25) is 0 Å². The van der Waals surface area contributed by atoms with Crippen LogP contribution in [-0.2, 0) is 0 Å². The zero-order valence-electron chi connectivity index (χ0n) is 19.7. The van der Waals surface area contributed by atoms with Gasteiger partial charge in [-0.25, -0.2) is 0 Å². The van der Waals surface area contributed by atoms with Gasteiger partial charge in [-0.1, -0.05) is 121 Å². The fourth-order valence-electron chi connectivity index (χ4n) is 4.35. The van der Waals surface area contributed by atoms with Crippen LogP contribution >= 0.6 is 0 Å². The van der Waals surface area contributed by atoms with Crippen LogP contribution in [0.2, 0.25) is 0 Å². The van der Waals surface area contributed by atoms with Gasteiger partial charge in [0.25, 0.3) is 0 Å². The highest BCUT2D eigenvalue weighted by Crippen LogP contribution is 2.30. The average molecular weight is 389 g/mol. The molecule has 1 aromatic rings. The van der Waals surface area contributed by atoms with E-state index >= 15 is 0 Å². The van der Waals surface area contributed by atoms with Gasteiger partial charge in [0.05, 0.1) is 20.6 Å². The van der Waals surface area contributed by atoms with Crippen LogP contribution in [-0.4, -0.2) is 25.1 Å². The van der Waals surface area contributed by atoms with Crippen LogP contribution in [0.15, 0.2) is 30.3 Å². The lowest BCUT2D eigenvalue weighted by Gasteiger charge is -2.37. The predicted octanol–water partition coefficient (Wildman–Crippen LogP) is 8.70. The summed E-state index contributed by atoms with van der Waals surface area (Å²) in [5, 5.41) is 0. The Morgan fingerprint density at radius 1 is 0.607 bits per heavy atom. The van der Waals surface area contributed by atoms with Gasteiger partial charge in [-0.3, -0.25) is 0 Å². The van der Waals surface area contributed by atoms with Crippen LogP contribution in [0.5, 0.6) is 0 Å². The topological polar surface area (TPSA) is 0 Å². The van der Waals surface area contributed by atoms with Crippen molar-refractivity contribution in [2.75, 3.05) is 20.6 Å². The van der Waals surface area contributed by atoms with E-state index in [0.717, 1.165) is 4.48 Å². The van der Waals surface area contributed by atoms with Crippen molar-refractivity contribution in [2.45, 2.75) is 116 Å². The molecule has 1 atom stereocenters. The molecule has 0 saturated heterocycles. The Kier molecular flexibility index (Phi) is 14.4. The maximum atomic E-state index is 2.39. The first-order valence-corrected chi connectivity index (χ1v) is 12.5. The number of unbranched alkanes of at least 4 members (excludes halogenated alkanes) is 13. The number of hydrogen-bond donors (Lipinski definition) is 0. The molecule has 0 aliphatic rings. The zero-order valence-corrected chi connectivity index (χ0v) is 19.7. The Labute approximate surface area is 177 Å². The van der Waals surface area contributed by atoms with Gasteiger partial charge in [-0.2, -0.15) is 0 Å². The molecule has 0 aliphatic carbocycles. The minimum absolute atomic E-state index is 0.642. The maximum Gasteiger partial charge on any atom is 0.114 e. The highest BCUT2D eigenvalue weighted by atomic mass is 15.3. The summed E-state index contributed by atoms with van der Waals surface area (Å²) >= 11 is 0. The summed E-state index contributed by atoms with van der Waals surface area (Å²) in [5.74, 6) is 0. The Morgan fingerprint density at radius 3 is 1.46 bits per heavy atom. The first kappa shape index (κ1) is 25.2. The summed E-state index contributed by atoms with van der Waals surface area (Å²) in [7, 11) is 4.78. The van der Waals surface area contributed by atoms with E-state index in [9.17, 15) is 0 Å². The van der Waals surface area contributed by atoms with E-state index in [2.05, 4.69) is 58.3 Å². The lowest BCUT2D eigenvalue weighted by molar-refractivity contribution is -0.920. The summed E-state index contributed by atoms with van der Waals surface area (Å²) in [6.45, 7) is 5.81. The predicted molar refractivity (Wildman–Crippen MR) is 127 cm³/mol. The summed E-state index contributed by atoms with van der Waals surface area (Å²) in [6.07, 6.45) is 21.5. The van der Waals surface area contributed by atoms with Gasteiger partial charge in [0.1, 0.15) is 6.04 Å². The third-order valence-corrected chi connectivity index (χ3v) is 6.67. The van der Waals surface area contributed by atoms with E-state index in [1.807, 2.05) is 0 Å². The summed E-state index contributed by atoms with van der Waals surface area (Å²) in [4.78, 5) is 0. The van der Waals surface area contributed by atoms with Crippen LogP contribution in [0, 0.1) is 0 Å². The number of quaternary nitrogens is 1. The smallest absolute Gasteiger partial charge is 0.114 e. The number of rotatable bonds is 18. The van der Waals surface area contributed by atoms with E-state index in [1.165, 1.54) is 108 Å². The molecule has 0 saturated carbocycles. The number of hydrogen-bond acceptors (Lipinski definition) is 0. The monoisotopic (exact) mass is 388 g/mol. The second-order valence-electron chi connectivity index (χ2n) is 9.41. The maximum absolute atomic E-state index is 2.39. The van der Waals surface area contributed by atoms with Crippen molar-refractivity contribution >= 4 is 0 Å². The molecular formula is C27H50N+. The van der Waals surface area contributed by atoms with Crippen molar-refractivity contribution < 1.29 is 4.48 Å². The van der Waals surface area contributed by atoms with Crippen molar-refractivity contribution in [1.82, 2.24) is 0 Å². The Hall–Kier alpha value is -0.820. The van der Waals surface area contributed by atoms with Gasteiger partial charge in [0, 0.05) is 12.0 Å². The molecule has 1 heteroatoms. The van der Waals surface area contributed by atoms with Crippen LogP contribution in [0.4, 0.5) is 0 Å². The van der Waals surface area contributed by atoms with Gasteiger partial charge in [-0.05, 0) is 13.3 Å². The number of benzene rings is 1. The third kappa shape index (κ3) is 11.2. The van der Waals surface area contributed by atoms with Gasteiger partial charge < -0.3 is 4.48 Å². The molecule has 0 bridgehead atoms. The molecule has 1 unspecified atom stereocenters. The normalized spacial score (nSPS) is 13.0. The van der Waals surface area contributed by atoms with Crippen LogP contribution in [0.1, 0.15) is 122 Å². The molecule has 0 aromatic heterocycles. The molecule has 0 radical (unpaired) electrons. The molecule has 0 spiro atoms. The van der Waals surface area contributed by atoms with E-state index in [0.29, 0.717) is 6.04 Å². The zero-order chi connectivity index (χ0) is 20.5. The van der Waals surface area contributed by atoms with E-state index < -0.39 is 0 Å². The Bertz CT molecular complexity index is 451. The number of nitrogens with zero attached hydrogens (tertiary/aromatic N) is 1. The molecule has 0 fully saturated rings. The summed E-state index contributed by atoms with van der Waals surface area (Å²) in [5.41, 5.74) is 1.52. The van der Waals surface area contributed by atoms with Gasteiger partial charge in [-0.15, -0.1) is 0 Å². The Morgan fingerprint density at radius 2 is 1.04 bits per heavy atom. The van der Waals surface area contributed by atoms with Gasteiger partial charge >= 0.3 is 0 Å². The summed E-state index contributed by atoms with van der Waals surface area (Å²) < 4.78 is 1.10. The molecule has 0 N–H and O–H groups in total. The largest absolute Gasteiger partial charge is 0.323 e. The van der Waals surface area contributed by atoms with Crippen LogP contribution in [0.3, 0.4) is 0 Å². The molecule has 0 aliphatic heterocycles. The highest BCUT2D eigenvalue weighted by molar-refractivity contribution is 5.17. The van der Waals surface area contributed by atoms with Crippen molar-refractivity contribution in [3.05, 3.63) is 35.9 Å². The van der Waals surface area contributed by atoms with Crippen molar-refractivity contribution in [3.63, 3.8) is 0 Å². The van der Waals surface area contributed by atoms with E-state index in [1.54, 1.807) is 0 Å². The fraction of sp³-hybridized carbons (Fsp3) is 0.778. The van der Waals surface area contributed by atoms with Crippen LogP contribution < -0.4 is 0 Å². The van der Waals surface area contributed by atoms with Gasteiger partial charge in [0.15, 0.2) is 0 Å². The lowest BCUT2D eigenvalue weighted by Crippen LogP contribution is -2.42. The first-order valence-electron chi connectivity index (χ1n) is 12.5. The average Bonchev–Trinajstić information content (AvgIpc) is 2.71. The second-order valence-corrected chi connectivity index (χ2v) is 9.41. The first-order chi connectivity index (χ1) is 13.6. The molecule has 1 rings (SSSR count). The Balaban J connectivity index is 2.06. The standard InChI is InChI=1S/C27H50N/c1-5-7-8-9-10-11-12-13-14-15-16-17-18-22-25-27(28(3,4)6-2)26-23-20-19-21-24-26/h19-21,23-24,27H,5-18,22,25H2,1-4H3/q+1. The van der Waals surface area contributed by atoms with Crippen molar-refractivity contribution in [1.29, 1.82) is 0 Å². The SMILES string of the molecule is CCCCCCCCCCCCCCCCC(c1ccccc1)[N+](C)(C)CC. The van der Waals surface area contributed by atoms with Crippen LogP contribution in [0.25, 0.3) is 0 Å². The molecule has 162 valence electrons. The second kappa shape index (κ2) is 16.0. The molecule has 1 nitrogen and oxygen atoms in total. The minimum Gasteiger partial charge on any atom is -0.323 e. The molecular weight excluding hydrogens is 338 g/mol. The molecule has 1 aromatic carbocycles. The molecule has 0 heterocycles. The van der Waals surface area contributed by atoms with Crippen molar-refractivity contribution in [3.8, 4) is 0 Å². The van der Waals surface area contributed by atoms with Crippen molar-refractivity contribution in [2.24, 2.45) is 0 Å². The minimum atomic E-state index is 0.642. The van der Waals surface area contributed by atoms with E-state index in [4.69, 9.17) is 0 Å². The highest BCUT2D eigenvalue weighted by Gasteiger charge is 2.27. The fourth-order valence-corrected chi connectivity index (χ4v) is 4.35. The molecule has 28 heavy (non-hydrogen) atoms. The quantitative estimate of drug-likeness (QED) is 0.174. The van der Waals surface area contributed by atoms with E-state index in [-0.39, 0.29) is 0 Å².